The van der Waals surface area contributed by atoms with Gasteiger partial charge in [0, 0.05) is 6.04 Å². The van der Waals surface area contributed by atoms with E-state index in [1.807, 2.05) is 7.05 Å². The lowest BCUT2D eigenvalue weighted by Crippen LogP contribution is -2.45. The van der Waals surface area contributed by atoms with E-state index >= 15 is 0 Å². The van der Waals surface area contributed by atoms with Crippen molar-refractivity contribution in [1.82, 2.24) is 5.32 Å². The van der Waals surface area contributed by atoms with E-state index in [4.69, 9.17) is 4.74 Å². The third-order valence-corrected chi connectivity index (χ3v) is 4.13. The van der Waals surface area contributed by atoms with E-state index in [1.165, 1.54) is 31.2 Å². The van der Waals surface area contributed by atoms with Crippen LogP contribution in [0.1, 0.15) is 38.2 Å². The number of rotatable bonds is 4. The molecule has 0 bridgehead atoms. The average Bonchev–Trinajstić information content (AvgIpc) is 2.38. The first-order valence-corrected chi connectivity index (χ1v) is 7.13. The molecule has 18 heavy (non-hydrogen) atoms. The maximum atomic E-state index is 6.21. The standard InChI is InChI=1S/C16H25NO/c1-4-13-8-9-15(17-3)16(11-13)18-14-7-5-6-12(2)10-14/h5-7,10,13,15-17H,4,8-9,11H2,1-3H3. The van der Waals surface area contributed by atoms with E-state index in [-0.39, 0.29) is 0 Å². The van der Waals surface area contributed by atoms with Gasteiger partial charge in [0.25, 0.3) is 0 Å². The van der Waals surface area contributed by atoms with Crippen LogP contribution < -0.4 is 10.1 Å². The Morgan fingerprint density at radius 1 is 1.33 bits per heavy atom. The van der Waals surface area contributed by atoms with Gasteiger partial charge < -0.3 is 10.1 Å². The highest BCUT2D eigenvalue weighted by molar-refractivity contribution is 5.27. The highest BCUT2D eigenvalue weighted by Gasteiger charge is 2.30. The molecule has 1 saturated carbocycles. The fourth-order valence-corrected chi connectivity index (χ4v) is 2.91. The average molecular weight is 247 g/mol. The Balaban J connectivity index is 2.04. The number of likely N-dealkylation sites (N-methyl/N-ethyl adjacent to an activating group) is 1. The van der Waals surface area contributed by atoms with Crippen molar-refractivity contribution in [2.24, 2.45) is 5.92 Å². The van der Waals surface area contributed by atoms with Crippen LogP contribution in [0.25, 0.3) is 0 Å². The first-order valence-electron chi connectivity index (χ1n) is 7.13. The molecule has 0 heterocycles. The number of hydrogen-bond donors (Lipinski definition) is 1. The third-order valence-electron chi connectivity index (χ3n) is 4.13. The van der Waals surface area contributed by atoms with E-state index in [9.17, 15) is 0 Å². The van der Waals surface area contributed by atoms with Gasteiger partial charge in [0.1, 0.15) is 11.9 Å². The highest BCUT2D eigenvalue weighted by atomic mass is 16.5. The molecule has 1 aliphatic carbocycles. The molecule has 1 aromatic carbocycles. The van der Waals surface area contributed by atoms with Crippen molar-refractivity contribution in [3.63, 3.8) is 0 Å². The SMILES string of the molecule is CCC1CCC(NC)C(Oc2cccc(C)c2)C1. The van der Waals surface area contributed by atoms with Gasteiger partial charge in [-0.2, -0.15) is 0 Å². The Labute approximate surface area is 111 Å². The van der Waals surface area contributed by atoms with Crippen LogP contribution in [0.4, 0.5) is 0 Å². The van der Waals surface area contributed by atoms with E-state index in [0.29, 0.717) is 12.1 Å². The van der Waals surface area contributed by atoms with Crippen LogP contribution in [-0.2, 0) is 0 Å². The second-order valence-corrected chi connectivity index (χ2v) is 5.46. The summed E-state index contributed by atoms with van der Waals surface area (Å²) in [7, 11) is 2.05. The lowest BCUT2D eigenvalue weighted by atomic mass is 9.82. The van der Waals surface area contributed by atoms with Gasteiger partial charge >= 0.3 is 0 Å². The minimum atomic E-state index is 0.315. The first kappa shape index (κ1) is 13.4. The van der Waals surface area contributed by atoms with Crippen molar-refractivity contribution in [3.8, 4) is 5.75 Å². The molecule has 2 heteroatoms. The summed E-state index contributed by atoms with van der Waals surface area (Å²) in [5, 5.41) is 3.41. The van der Waals surface area contributed by atoms with Gasteiger partial charge in [-0.3, -0.25) is 0 Å². The topological polar surface area (TPSA) is 21.3 Å². The van der Waals surface area contributed by atoms with Crippen LogP contribution in [0.5, 0.6) is 5.75 Å². The van der Waals surface area contributed by atoms with Crippen LogP contribution >= 0.6 is 0 Å². The summed E-state index contributed by atoms with van der Waals surface area (Å²) in [6, 6.07) is 8.86. The largest absolute Gasteiger partial charge is 0.489 e. The summed E-state index contributed by atoms with van der Waals surface area (Å²) >= 11 is 0. The van der Waals surface area contributed by atoms with Gasteiger partial charge in [0.05, 0.1) is 0 Å². The van der Waals surface area contributed by atoms with Gasteiger partial charge in [0.2, 0.25) is 0 Å². The number of hydrogen-bond acceptors (Lipinski definition) is 2. The van der Waals surface area contributed by atoms with Crippen molar-refractivity contribution in [2.45, 2.75) is 51.7 Å². The van der Waals surface area contributed by atoms with Crippen molar-refractivity contribution in [3.05, 3.63) is 29.8 Å². The number of benzene rings is 1. The predicted octanol–water partition coefficient (Wildman–Crippen LogP) is 3.54. The lowest BCUT2D eigenvalue weighted by molar-refractivity contribution is 0.0882. The smallest absolute Gasteiger partial charge is 0.120 e. The van der Waals surface area contributed by atoms with Crippen LogP contribution in [-0.4, -0.2) is 19.2 Å². The number of ether oxygens (including phenoxy) is 1. The molecule has 1 aromatic rings. The Kier molecular flexibility index (Phi) is 4.65. The zero-order chi connectivity index (χ0) is 13.0. The molecule has 3 atom stereocenters. The number of aryl methyl sites for hydroxylation is 1. The van der Waals surface area contributed by atoms with Crippen molar-refractivity contribution < 1.29 is 4.74 Å². The van der Waals surface area contributed by atoms with E-state index in [0.717, 1.165) is 11.7 Å². The van der Waals surface area contributed by atoms with Gasteiger partial charge in [-0.1, -0.05) is 25.5 Å². The Morgan fingerprint density at radius 3 is 2.83 bits per heavy atom. The second kappa shape index (κ2) is 6.24. The molecular weight excluding hydrogens is 222 g/mol. The minimum absolute atomic E-state index is 0.315. The molecule has 0 aromatic heterocycles. The molecule has 2 rings (SSSR count). The fourth-order valence-electron chi connectivity index (χ4n) is 2.91. The summed E-state index contributed by atoms with van der Waals surface area (Å²) < 4.78 is 6.21. The monoisotopic (exact) mass is 247 g/mol. The molecule has 0 amide bonds. The van der Waals surface area contributed by atoms with Gasteiger partial charge in [-0.05, 0) is 56.8 Å². The van der Waals surface area contributed by atoms with Crippen molar-refractivity contribution in [1.29, 1.82) is 0 Å². The summed E-state index contributed by atoms with van der Waals surface area (Å²) in [4.78, 5) is 0. The normalized spacial score (nSPS) is 28.1. The van der Waals surface area contributed by atoms with Crippen LogP contribution in [0.3, 0.4) is 0 Å². The Bertz CT molecular complexity index is 377. The van der Waals surface area contributed by atoms with Crippen LogP contribution in [0.15, 0.2) is 24.3 Å². The minimum Gasteiger partial charge on any atom is -0.489 e. The van der Waals surface area contributed by atoms with Gasteiger partial charge in [-0.25, -0.2) is 0 Å². The molecule has 2 nitrogen and oxygen atoms in total. The summed E-state index contributed by atoms with van der Waals surface area (Å²) in [6.07, 6.45) is 5.32. The molecule has 3 unspecified atom stereocenters. The molecule has 0 saturated heterocycles. The molecule has 100 valence electrons. The predicted molar refractivity (Wildman–Crippen MR) is 76.1 cm³/mol. The number of nitrogens with one attached hydrogen (secondary N) is 1. The maximum absolute atomic E-state index is 6.21. The van der Waals surface area contributed by atoms with E-state index in [1.54, 1.807) is 0 Å². The van der Waals surface area contributed by atoms with Crippen LogP contribution in [0, 0.1) is 12.8 Å². The zero-order valence-electron chi connectivity index (χ0n) is 11.8. The second-order valence-electron chi connectivity index (χ2n) is 5.46. The van der Waals surface area contributed by atoms with E-state index < -0.39 is 0 Å². The van der Waals surface area contributed by atoms with Crippen LogP contribution in [0.2, 0.25) is 0 Å². The Morgan fingerprint density at radius 2 is 2.17 bits per heavy atom. The third kappa shape index (κ3) is 3.26. The maximum Gasteiger partial charge on any atom is 0.120 e. The molecule has 0 radical (unpaired) electrons. The Hall–Kier alpha value is -1.02. The molecule has 1 N–H and O–H groups in total. The summed E-state index contributed by atoms with van der Waals surface area (Å²) in [6.45, 7) is 4.40. The van der Waals surface area contributed by atoms with Crippen molar-refractivity contribution >= 4 is 0 Å². The van der Waals surface area contributed by atoms with Gasteiger partial charge in [-0.15, -0.1) is 0 Å². The quantitative estimate of drug-likeness (QED) is 0.878. The molecule has 0 aliphatic heterocycles. The fraction of sp³-hybridized carbons (Fsp3) is 0.625. The molecule has 1 aliphatic rings. The van der Waals surface area contributed by atoms with Crippen molar-refractivity contribution in [2.75, 3.05) is 7.05 Å². The summed E-state index contributed by atoms with van der Waals surface area (Å²) in [5.41, 5.74) is 1.26. The van der Waals surface area contributed by atoms with Gasteiger partial charge in [0.15, 0.2) is 0 Å². The zero-order valence-corrected chi connectivity index (χ0v) is 11.8. The first-order chi connectivity index (χ1) is 8.72. The summed E-state index contributed by atoms with van der Waals surface area (Å²) in [5.74, 6) is 1.83. The van der Waals surface area contributed by atoms with E-state index in [2.05, 4.69) is 43.4 Å². The molecule has 1 fully saturated rings. The highest BCUT2D eigenvalue weighted by Crippen LogP contribution is 2.30. The molecular formula is C16H25NO. The lowest BCUT2D eigenvalue weighted by Gasteiger charge is -2.35. The molecule has 0 spiro atoms.